The molecule has 0 aliphatic carbocycles. The van der Waals surface area contributed by atoms with Crippen LogP contribution in [0.2, 0.25) is 0 Å². The molecule has 0 spiro atoms. The van der Waals surface area contributed by atoms with Crippen LogP contribution in [0.5, 0.6) is 0 Å². The highest BCUT2D eigenvalue weighted by Gasteiger charge is 2.43. The molecule has 1 aliphatic rings. The predicted molar refractivity (Wildman–Crippen MR) is 134 cm³/mol. The lowest BCUT2D eigenvalue weighted by atomic mass is 9.86. The van der Waals surface area contributed by atoms with Crippen molar-refractivity contribution in [1.29, 1.82) is 0 Å². The van der Waals surface area contributed by atoms with E-state index in [2.05, 4.69) is 13.8 Å². The molecule has 1 heterocycles. The van der Waals surface area contributed by atoms with Crippen LogP contribution in [0.1, 0.15) is 127 Å². The molecule has 0 amide bonds. The summed E-state index contributed by atoms with van der Waals surface area (Å²) in [6, 6.07) is 5.44. The molecule has 1 fully saturated rings. The predicted octanol–water partition coefficient (Wildman–Crippen LogP) is 8.17. The monoisotopic (exact) mass is 476 g/mol. The van der Waals surface area contributed by atoms with Crippen molar-refractivity contribution < 1.29 is 23.5 Å². The zero-order chi connectivity index (χ0) is 24.6. The van der Waals surface area contributed by atoms with Crippen LogP contribution < -0.4 is 0 Å². The van der Waals surface area contributed by atoms with Gasteiger partial charge in [0, 0.05) is 6.42 Å². The van der Waals surface area contributed by atoms with Crippen LogP contribution >= 0.6 is 0 Å². The zero-order valence-electron chi connectivity index (χ0n) is 21.4. The Balaban J connectivity index is 1.82. The maximum absolute atomic E-state index is 13.2. The van der Waals surface area contributed by atoms with Gasteiger partial charge in [-0.05, 0) is 43.5 Å². The molecular formula is C29H45FO4. The van der Waals surface area contributed by atoms with Gasteiger partial charge in [0.25, 0.3) is 0 Å². The SMILES string of the molecule is CCCCCCCCCCC[C@@H](C[C@@H]1OC(=O)[C@H]1CCCCCC)OC(=O)c1ccc(F)cc1. The Morgan fingerprint density at radius 1 is 0.882 bits per heavy atom. The minimum atomic E-state index is -0.439. The maximum atomic E-state index is 13.2. The van der Waals surface area contributed by atoms with E-state index >= 15 is 0 Å². The van der Waals surface area contributed by atoms with Crippen molar-refractivity contribution in [1.82, 2.24) is 0 Å². The van der Waals surface area contributed by atoms with Crippen LogP contribution in [0.3, 0.4) is 0 Å². The number of hydrogen-bond donors (Lipinski definition) is 0. The number of cyclic esters (lactones) is 1. The standard InChI is InChI=1S/C29H45FO4/c1-3-5-7-9-10-11-12-13-14-16-25(33-28(31)23-18-20-24(30)21-19-23)22-27-26(29(32)34-27)17-15-8-6-4-2/h18-21,25-27H,3-17,22H2,1-2H3/t25-,26-,27-/m0/s1. The fourth-order valence-electron chi connectivity index (χ4n) is 4.68. The first-order valence-corrected chi connectivity index (χ1v) is 13.7. The second-order valence-corrected chi connectivity index (χ2v) is 9.82. The molecule has 3 atom stereocenters. The second kappa shape index (κ2) is 16.7. The Kier molecular flexibility index (Phi) is 13.9. The van der Waals surface area contributed by atoms with Gasteiger partial charge in [0.15, 0.2) is 0 Å². The number of benzene rings is 1. The molecule has 5 heteroatoms. The molecule has 0 radical (unpaired) electrons. The highest BCUT2D eigenvalue weighted by atomic mass is 19.1. The van der Waals surface area contributed by atoms with Gasteiger partial charge < -0.3 is 9.47 Å². The molecule has 4 nitrogen and oxygen atoms in total. The highest BCUT2D eigenvalue weighted by Crippen LogP contribution is 2.32. The molecule has 0 aromatic heterocycles. The first-order chi connectivity index (χ1) is 16.5. The van der Waals surface area contributed by atoms with Crippen LogP contribution in [-0.2, 0) is 14.3 Å². The van der Waals surface area contributed by atoms with E-state index in [9.17, 15) is 14.0 Å². The van der Waals surface area contributed by atoms with E-state index < -0.39 is 5.97 Å². The Bertz CT molecular complexity index is 703. The fraction of sp³-hybridized carbons (Fsp3) is 0.724. The lowest BCUT2D eigenvalue weighted by Crippen LogP contribution is -2.47. The van der Waals surface area contributed by atoms with E-state index in [1.807, 2.05) is 0 Å². The van der Waals surface area contributed by atoms with Crippen molar-refractivity contribution >= 4 is 11.9 Å². The first kappa shape index (κ1) is 28.3. The van der Waals surface area contributed by atoms with Crippen LogP contribution in [0, 0.1) is 11.7 Å². The molecule has 34 heavy (non-hydrogen) atoms. The largest absolute Gasteiger partial charge is 0.461 e. The average Bonchev–Trinajstić information content (AvgIpc) is 2.82. The smallest absolute Gasteiger partial charge is 0.338 e. The van der Waals surface area contributed by atoms with Gasteiger partial charge in [-0.15, -0.1) is 0 Å². The van der Waals surface area contributed by atoms with Gasteiger partial charge in [-0.3, -0.25) is 4.79 Å². The number of hydrogen-bond acceptors (Lipinski definition) is 4. The summed E-state index contributed by atoms with van der Waals surface area (Å²) in [6.07, 6.45) is 17.3. The van der Waals surface area contributed by atoms with Crippen molar-refractivity contribution in [3.05, 3.63) is 35.6 Å². The quantitative estimate of drug-likeness (QED) is 0.149. The third-order valence-electron chi connectivity index (χ3n) is 6.87. The van der Waals surface area contributed by atoms with Crippen molar-refractivity contribution in [2.24, 2.45) is 5.92 Å². The fourth-order valence-corrected chi connectivity index (χ4v) is 4.68. The molecule has 1 saturated heterocycles. The number of ether oxygens (including phenoxy) is 2. The summed E-state index contributed by atoms with van der Waals surface area (Å²) in [6.45, 7) is 4.41. The molecule has 1 aromatic rings. The zero-order valence-corrected chi connectivity index (χ0v) is 21.4. The summed E-state index contributed by atoms with van der Waals surface area (Å²) in [7, 11) is 0. The van der Waals surface area contributed by atoms with Crippen LogP contribution in [0.15, 0.2) is 24.3 Å². The van der Waals surface area contributed by atoms with Crippen molar-refractivity contribution in [3.63, 3.8) is 0 Å². The molecule has 0 N–H and O–H groups in total. The topological polar surface area (TPSA) is 52.6 Å². The molecule has 2 rings (SSSR count). The van der Waals surface area contributed by atoms with E-state index in [-0.39, 0.29) is 29.9 Å². The molecule has 192 valence electrons. The van der Waals surface area contributed by atoms with Crippen molar-refractivity contribution in [3.8, 4) is 0 Å². The van der Waals surface area contributed by atoms with E-state index in [1.54, 1.807) is 0 Å². The van der Waals surface area contributed by atoms with Gasteiger partial charge in [-0.1, -0.05) is 90.9 Å². The minimum absolute atomic E-state index is 0.0769. The number of unbranched alkanes of at least 4 members (excludes halogenated alkanes) is 11. The first-order valence-electron chi connectivity index (χ1n) is 13.7. The number of esters is 2. The van der Waals surface area contributed by atoms with Gasteiger partial charge in [-0.25, -0.2) is 9.18 Å². The lowest BCUT2D eigenvalue weighted by Gasteiger charge is -2.37. The Morgan fingerprint density at radius 2 is 1.44 bits per heavy atom. The second-order valence-electron chi connectivity index (χ2n) is 9.82. The summed E-state index contributed by atoms with van der Waals surface area (Å²) in [5.74, 6) is -1.01. The van der Waals surface area contributed by atoms with Crippen LogP contribution in [0.4, 0.5) is 4.39 Å². The maximum Gasteiger partial charge on any atom is 0.338 e. The average molecular weight is 477 g/mol. The summed E-state index contributed by atoms with van der Waals surface area (Å²) < 4.78 is 24.5. The van der Waals surface area contributed by atoms with Crippen molar-refractivity contribution in [2.45, 2.75) is 129 Å². The molecule has 0 unspecified atom stereocenters. The van der Waals surface area contributed by atoms with Gasteiger partial charge in [0.1, 0.15) is 18.0 Å². The normalized spacial score (nSPS) is 18.3. The van der Waals surface area contributed by atoms with Gasteiger partial charge in [0.05, 0.1) is 11.5 Å². The molecule has 0 saturated carbocycles. The highest BCUT2D eigenvalue weighted by molar-refractivity contribution is 5.89. The number of carbonyl (C=O) groups is 2. The molecule has 1 aromatic carbocycles. The van der Waals surface area contributed by atoms with E-state index in [1.165, 1.54) is 82.1 Å². The van der Waals surface area contributed by atoms with Crippen molar-refractivity contribution in [2.75, 3.05) is 0 Å². The van der Waals surface area contributed by atoms with E-state index in [0.29, 0.717) is 12.0 Å². The lowest BCUT2D eigenvalue weighted by molar-refractivity contribution is -0.188. The summed E-state index contributed by atoms with van der Waals surface area (Å²) in [5.41, 5.74) is 0.347. The molecule has 1 aliphatic heterocycles. The Morgan fingerprint density at radius 3 is 2.03 bits per heavy atom. The minimum Gasteiger partial charge on any atom is -0.461 e. The van der Waals surface area contributed by atoms with E-state index in [4.69, 9.17) is 9.47 Å². The number of halogens is 1. The summed E-state index contributed by atoms with van der Waals surface area (Å²) >= 11 is 0. The third kappa shape index (κ3) is 10.6. The number of rotatable bonds is 19. The molecule has 0 bridgehead atoms. The Labute approximate surface area is 206 Å². The van der Waals surface area contributed by atoms with Crippen LogP contribution in [0.25, 0.3) is 0 Å². The molecular weight excluding hydrogens is 431 g/mol. The van der Waals surface area contributed by atoms with E-state index in [0.717, 1.165) is 38.5 Å². The van der Waals surface area contributed by atoms with Gasteiger partial charge in [0.2, 0.25) is 0 Å². The Hall–Kier alpha value is -1.91. The van der Waals surface area contributed by atoms with Gasteiger partial charge >= 0.3 is 11.9 Å². The number of carbonyl (C=O) groups excluding carboxylic acids is 2. The third-order valence-corrected chi connectivity index (χ3v) is 6.87. The van der Waals surface area contributed by atoms with Crippen LogP contribution in [-0.4, -0.2) is 24.1 Å². The van der Waals surface area contributed by atoms with Gasteiger partial charge in [-0.2, -0.15) is 0 Å². The summed E-state index contributed by atoms with van der Waals surface area (Å²) in [4.78, 5) is 24.7. The summed E-state index contributed by atoms with van der Waals surface area (Å²) in [5, 5.41) is 0.